The highest BCUT2D eigenvalue weighted by Crippen LogP contribution is 2.38. The van der Waals surface area contributed by atoms with Gasteiger partial charge in [0.1, 0.15) is 5.15 Å². The van der Waals surface area contributed by atoms with Crippen LogP contribution in [0.3, 0.4) is 0 Å². The number of pyridine rings is 1. The van der Waals surface area contributed by atoms with E-state index in [0.29, 0.717) is 12.1 Å². The summed E-state index contributed by atoms with van der Waals surface area (Å²) in [5.41, 5.74) is 0.455. The Hall–Kier alpha value is -0.740. The normalized spacial score (nSPS) is 18.0. The second-order valence-electron chi connectivity index (χ2n) is 4.97. The van der Waals surface area contributed by atoms with E-state index in [9.17, 15) is 4.79 Å². The van der Waals surface area contributed by atoms with Crippen molar-refractivity contribution >= 4 is 29.3 Å². The molecule has 0 spiro atoms. The van der Waals surface area contributed by atoms with Crippen LogP contribution in [0.5, 0.6) is 0 Å². The molecular formula is C14H19ClN2OS. The summed E-state index contributed by atoms with van der Waals surface area (Å²) in [4.78, 5) is 16.1. The van der Waals surface area contributed by atoms with Gasteiger partial charge in [0.05, 0.1) is 5.56 Å². The van der Waals surface area contributed by atoms with E-state index in [2.05, 4.69) is 16.6 Å². The average Bonchev–Trinajstić information content (AvgIpc) is 2.46. The van der Waals surface area contributed by atoms with Gasteiger partial charge in [0.15, 0.2) is 0 Å². The summed E-state index contributed by atoms with van der Waals surface area (Å²) in [6.45, 7) is 0.707. The fraction of sp³-hybridized carbons (Fsp3) is 0.571. The number of nitrogens with one attached hydrogen (secondary N) is 1. The molecule has 1 saturated carbocycles. The Morgan fingerprint density at radius 2 is 2.21 bits per heavy atom. The van der Waals surface area contributed by atoms with Gasteiger partial charge in [-0.3, -0.25) is 4.79 Å². The minimum atomic E-state index is -0.128. The lowest BCUT2D eigenvalue weighted by molar-refractivity contribution is 0.0946. The van der Waals surface area contributed by atoms with Crippen molar-refractivity contribution in [3.05, 3.63) is 29.0 Å². The second-order valence-corrected chi connectivity index (χ2v) is 6.60. The molecular weight excluding hydrogens is 280 g/mol. The lowest BCUT2D eigenvalue weighted by atomic mass is 9.88. The van der Waals surface area contributed by atoms with Crippen molar-refractivity contribution in [1.29, 1.82) is 0 Å². The van der Waals surface area contributed by atoms with Crippen LogP contribution < -0.4 is 5.32 Å². The Kier molecular flexibility index (Phi) is 5.11. The van der Waals surface area contributed by atoms with E-state index in [0.717, 1.165) is 0 Å². The zero-order valence-electron chi connectivity index (χ0n) is 11.1. The van der Waals surface area contributed by atoms with E-state index in [1.54, 1.807) is 18.3 Å². The first-order chi connectivity index (χ1) is 9.17. The number of carbonyl (C=O) groups is 1. The molecule has 19 heavy (non-hydrogen) atoms. The van der Waals surface area contributed by atoms with Crippen molar-refractivity contribution in [3.63, 3.8) is 0 Å². The predicted molar refractivity (Wildman–Crippen MR) is 80.9 cm³/mol. The molecule has 0 radical (unpaired) electrons. The number of thioether (sulfide) groups is 1. The molecule has 0 unspecified atom stereocenters. The van der Waals surface area contributed by atoms with Crippen LogP contribution in [-0.2, 0) is 0 Å². The standard InChI is InChI=1S/C14H19ClN2OS/c1-19-14(7-3-2-4-8-14)10-17-13(18)11-6-5-9-16-12(11)15/h5-6,9H,2-4,7-8,10H2,1H3,(H,17,18). The van der Waals surface area contributed by atoms with Gasteiger partial charge in [-0.05, 0) is 31.2 Å². The van der Waals surface area contributed by atoms with E-state index < -0.39 is 0 Å². The van der Waals surface area contributed by atoms with E-state index in [1.807, 2.05) is 11.8 Å². The molecule has 1 N–H and O–H groups in total. The molecule has 1 heterocycles. The lowest BCUT2D eigenvalue weighted by Gasteiger charge is -2.35. The number of hydrogen-bond donors (Lipinski definition) is 1. The Morgan fingerprint density at radius 3 is 2.84 bits per heavy atom. The summed E-state index contributed by atoms with van der Waals surface area (Å²) in [7, 11) is 0. The van der Waals surface area contributed by atoms with Gasteiger partial charge in [0.25, 0.3) is 5.91 Å². The van der Waals surface area contributed by atoms with Gasteiger partial charge in [0, 0.05) is 17.5 Å². The molecule has 5 heteroatoms. The summed E-state index contributed by atoms with van der Waals surface area (Å²) in [5.74, 6) is -0.128. The van der Waals surface area contributed by atoms with Crippen molar-refractivity contribution < 1.29 is 4.79 Å². The van der Waals surface area contributed by atoms with Crippen molar-refractivity contribution in [2.24, 2.45) is 0 Å². The van der Waals surface area contributed by atoms with Crippen LogP contribution in [0.1, 0.15) is 42.5 Å². The van der Waals surface area contributed by atoms with E-state index in [1.165, 1.54) is 32.1 Å². The van der Waals surface area contributed by atoms with E-state index in [-0.39, 0.29) is 15.8 Å². The topological polar surface area (TPSA) is 42.0 Å². The van der Waals surface area contributed by atoms with Crippen molar-refractivity contribution in [2.45, 2.75) is 36.9 Å². The zero-order chi connectivity index (χ0) is 13.7. The average molecular weight is 299 g/mol. The highest BCUT2D eigenvalue weighted by molar-refractivity contribution is 8.00. The van der Waals surface area contributed by atoms with Gasteiger partial charge in [-0.15, -0.1) is 0 Å². The number of amides is 1. The SMILES string of the molecule is CSC1(CNC(=O)c2cccnc2Cl)CCCCC1. The van der Waals surface area contributed by atoms with Crippen LogP contribution in [0.4, 0.5) is 0 Å². The quantitative estimate of drug-likeness (QED) is 0.865. The molecule has 2 rings (SSSR count). The minimum Gasteiger partial charge on any atom is -0.351 e. The van der Waals surface area contributed by atoms with Crippen LogP contribution in [0.2, 0.25) is 5.15 Å². The third-order valence-electron chi connectivity index (χ3n) is 3.77. The summed E-state index contributed by atoms with van der Waals surface area (Å²) in [5, 5.41) is 3.28. The third kappa shape index (κ3) is 3.63. The van der Waals surface area contributed by atoms with E-state index >= 15 is 0 Å². The monoisotopic (exact) mass is 298 g/mol. The summed E-state index contributed by atoms with van der Waals surface area (Å²) < 4.78 is 0.197. The maximum absolute atomic E-state index is 12.1. The third-order valence-corrected chi connectivity index (χ3v) is 5.49. The van der Waals surface area contributed by atoms with Gasteiger partial charge in [-0.25, -0.2) is 4.98 Å². The van der Waals surface area contributed by atoms with Crippen LogP contribution in [0, 0.1) is 0 Å². The predicted octanol–water partition coefficient (Wildman–Crippen LogP) is 3.53. The fourth-order valence-corrected chi connectivity index (χ4v) is 3.66. The molecule has 0 aliphatic heterocycles. The first kappa shape index (κ1) is 14.7. The molecule has 0 atom stereocenters. The smallest absolute Gasteiger partial charge is 0.254 e. The first-order valence-corrected chi connectivity index (χ1v) is 8.21. The van der Waals surface area contributed by atoms with Crippen molar-refractivity contribution in [2.75, 3.05) is 12.8 Å². The maximum Gasteiger partial charge on any atom is 0.254 e. The number of carbonyl (C=O) groups excluding carboxylic acids is 1. The number of halogens is 1. The number of aromatic nitrogens is 1. The van der Waals surface area contributed by atoms with Gasteiger partial charge in [0.2, 0.25) is 0 Å². The Morgan fingerprint density at radius 1 is 1.47 bits per heavy atom. The first-order valence-electron chi connectivity index (χ1n) is 6.61. The molecule has 1 amide bonds. The molecule has 1 aromatic heterocycles. The van der Waals surface area contributed by atoms with Crippen molar-refractivity contribution in [1.82, 2.24) is 10.3 Å². The Labute approximate surface area is 123 Å². The molecule has 0 aromatic carbocycles. The van der Waals surface area contributed by atoms with Crippen LogP contribution in [0.25, 0.3) is 0 Å². The minimum absolute atomic E-state index is 0.128. The van der Waals surface area contributed by atoms with Crippen LogP contribution in [0.15, 0.2) is 18.3 Å². The molecule has 0 bridgehead atoms. The maximum atomic E-state index is 12.1. The Bertz CT molecular complexity index is 447. The van der Waals surface area contributed by atoms with Gasteiger partial charge < -0.3 is 5.32 Å². The zero-order valence-corrected chi connectivity index (χ0v) is 12.7. The highest BCUT2D eigenvalue weighted by Gasteiger charge is 2.31. The fourth-order valence-electron chi connectivity index (χ4n) is 2.54. The summed E-state index contributed by atoms with van der Waals surface area (Å²) >= 11 is 7.80. The van der Waals surface area contributed by atoms with Gasteiger partial charge >= 0.3 is 0 Å². The molecule has 0 saturated heterocycles. The van der Waals surface area contributed by atoms with Crippen LogP contribution in [-0.4, -0.2) is 28.4 Å². The van der Waals surface area contributed by atoms with Crippen LogP contribution >= 0.6 is 23.4 Å². The summed E-state index contributed by atoms with van der Waals surface area (Å²) in [6.07, 6.45) is 9.89. The molecule has 1 aliphatic rings. The van der Waals surface area contributed by atoms with Crippen molar-refractivity contribution in [3.8, 4) is 0 Å². The Balaban J connectivity index is 1.98. The number of hydrogen-bond acceptors (Lipinski definition) is 3. The lowest BCUT2D eigenvalue weighted by Crippen LogP contribution is -2.41. The number of nitrogens with zero attached hydrogens (tertiary/aromatic N) is 1. The molecule has 3 nitrogen and oxygen atoms in total. The second kappa shape index (κ2) is 6.62. The number of rotatable bonds is 4. The molecule has 1 fully saturated rings. The largest absolute Gasteiger partial charge is 0.351 e. The van der Waals surface area contributed by atoms with Gasteiger partial charge in [-0.1, -0.05) is 30.9 Å². The molecule has 1 aliphatic carbocycles. The summed E-state index contributed by atoms with van der Waals surface area (Å²) in [6, 6.07) is 3.43. The molecule has 104 valence electrons. The molecule has 1 aromatic rings. The van der Waals surface area contributed by atoms with Gasteiger partial charge in [-0.2, -0.15) is 11.8 Å². The van der Waals surface area contributed by atoms with E-state index in [4.69, 9.17) is 11.6 Å². The highest BCUT2D eigenvalue weighted by atomic mass is 35.5.